The van der Waals surface area contributed by atoms with Crippen molar-refractivity contribution in [1.29, 1.82) is 0 Å². The smallest absolute Gasteiger partial charge is 0.226 e. The van der Waals surface area contributed by atoms with Crippen molar-refractivity contribution < 1.29 is 14.0 Å². The second-order valence-corrected chi connectivity index (χ2v) is 6.41. The van der Waals surface area contributed by atoms with E-state index >= 15 is 0 Å². The minimum atomic E-state index is -0.442. The number of fused-ring (bicyclic) bond motifs is 1. The van der Waals surface area contributed by atoms with Crippen LogP contribution in [0, 0.1) is 6.92 Å². The zero-order valence-corrected chi connectivity index (χ0v) is 15.1. The van der Waals surface area contributed by atoms with Gasteiger partial charge in [-0.2, -0.15) is 0 Å². The molecule has 0 bridgehead atoms. The fraction of sp³-hybridized carbons (Fsp3) is 0.211. The van der Waals surface area contributed by atoms with Crippen molar-refractivity contribution >= 4 is 40.2 Å². The lowest BCUT2D eigenvalue weighted by Gasteiger charge is -2.18. The quantitative estimate of drug-likeness (QED) is 0.710. The molecule has 1 heterocycles. The number of hydrogen-bond donors (Lipinski definition) is 2. The second kappa shape index (κ2) is 7.58. The summed E-state index contributed by atoms with van der Waals surface area (Å²) in [5, 5.41) is 6.22. The molecule has 0 spiro atoms. The summed E-state index contributed by atoms with van der Waals surface area (Å²) in [4.78, 5) is 28.2. The molecule has 0 saturated carbocycles. The van der Waals surface area contributed by atoms with Gasteiger partial charge in [-0.05, 0) is 35.9 Å². The standard InChI is InChI=1S/C19H18ClN3O3/c1-11(24)21-16(13-3-5-14(20)6-4-13)10-19(25)23-15-7-8-18-17(9-15)22-12(2)26-18/h3-9,16H,10H2,1-2H3,(H,21,24)(H,23,25). The van der Waals surface area contributed by atoms with E-state index in [9.17, 15) is 9.59 Å². The van der Waals surface area contributed by atoms with Crippen LogP contribution in [0.1, 0.15) is 30.8 Å². The van der Waals surface area contributed by atoms with Crippen LogP contribution in [0.25, 0.3) is 11.1 Å². The minimum absolute atomic E-state index is 0.0943. The SMILES string of the molecule is CC(=O)NC(CC(=O)Nc1ccc2oc(C)nc2c1)c1ccc(Cl)cc1. The Morgan fingerprint density at radius 3 is 2.62 bits per heavy atom. The number of nitrogens with zero attached hydrogens (tertiary/aromatic N) is 1. The van der Waals surface area contributed by atoms with Crippen LogP contribution in [0.15, 0.2) is 46.9 Å². The molecule has 2 amide bonds. The van der Waals surface area contributed by atoms with E-state index < -0.39 is 6.04 Å². The molecule has 1 atom stereocenters. The molecule has 2 aromatic carbocycles. The Morgan fingerprint density at radius 1 is 1.19 bits per heavy atom. The highest BCUT2D eigenvalue weighted by Gasteiger charge is 2.17. The van der Waals surface area contributed by atoms with Gasteiger partial charge in [0.15, 0.2) is 11.5 Å². The van der Waals surface area contributed by atoms with Gasteiger partial charge < -0.3 is 15.1 Å². The molecule has 0 radical (unpaired) electrons. The van der Waals surface area contributed by atoms with Crippen LogP contribution in [0.3, 0.4) is 0 Å². The van der Waals surface area contributed by atoms with Gasteiger partial charge in [-0.25, -0.2) is 4.98 Å². The Morgan fingerprint density at radius 2 is 1.92 bits per heavy atom. The highest BCUT2D eigenvalue weighted by molar-refractivity contribution is 6.30. The number of amides is 2. The number of hydrogen-bond acceptors (Lipinski definition) is 4. The highest BCUT2D eigenvalue weighted by atomic mass is 35.5. The number of carbonyl (C=O) groups is 2. The van der Waals surface area contributed by atoms with Gasteiger partial charge in [-0.3, -0.25) is 9.59 Å². The molecule has 1 aromatic heterocycles. The number of oxazole rings is 1. The van der Waals surface area contributed by atoms with Gasteiger partial charge in [0, 0.05) is 24.6 Å². The van der Waals surface area contributed by atoms with E-state index in [-0.39, 0.29) is 18.2 Å². The number of nitrogens with one attached hydrogen (secondary N) is 2. The number of carbonyl (C=O) groups excluding carboxylic acids is 2. The van der Waals surface area contributed by atoms with Crippen LogP contribution in [-0.2, 0) is 9.59 Å². The summed E-state index contributed by atoms with van der Waals surface area (Å²) in [6.07, 6.45) is 0.0943. The van der Waals surface area contributed by atoms with E-state index in [1.807, 2.05) is 0 Å². The Balaban J connectivity index is 1.73. The molecular formula is C19H18ClN3O3. The number of rotatable bonds is 5. The van der Waals surface area contributed by atoms with Crippen LogP contribution < -0.4 is 10.6 Å². The van der Waals surface area contributed by atoms with Crippen molar-refractivity contribution in [2.75, 3.05) is 5.32 Å². The third kappa shape index (κ3) is 4.40. The van der Waals surface area contributed by atoms with Gasteiger partial charge >= 0.3 is 0 Å². The fourth-order valence-corrected chi connectivity index (χ4v) is 2.84. The van der Waals surface area contributed by atoms with E-state index in [1.54, 1.807) is 49.4 Å². The Bertz CT molecular complexity index is 950. The maximum absolute atomic E-state index is 12.5. The molecule has 0 saturated heterocycles. The molecule has 0 aliphatic rings. The third-order valence-electron chi connectivity index (χ3n) is 3.82. The first kappa shape index (κ1) is 17.9. The fourth-order valence-electron chi connectivity index (χ4n) is 2.71. The number of benzene rings is 2. The lowest BCUT2D eigenvalue weighted by molar-refractivity contribution is -0.120. The summed E-state index contributed by atoms with van der Waals surface area (Å²) >= 11 is 5.90. The minimum Gasteiger partial charge on any atom is -0.441 e. The van der Waals surface area contributed by atoms with Crippen molar-refractivity contribution in [3.63, 3.8) is 0 Å². The lowest BCUT2D eigenvalue weighted by atomic mass is 10.0. The van der Waals surface area contributed by atoms with Gasteiger partial charge in [0.2, 0.25) is 11.8 Å². The van der Waals surface area contributed by atoms with Gasteiger partial charge in [0.05, 0.1) is 12.5 Å². The molecule has 3 rings (SSSR count). The summed E-state index contributed by atoms with van der Waals surface area (Å²) in [6, 6.07) is 11.9. The Labute approximate surface area is 155 Å². The molecule has 3 aromatic rings. The first-order valence-electron chi connectivity index (χ1n) is 8.10. The molecular weight excluding hydrogens is 354 g/mol. The second-order valence-electron chi connectivity index (χ2n) is 5.97. The zero-order chi connectivity index (χ0) is 18.7. The monoisotopic (exact) mass is 371 g/mol. The lowest BCUT2D eigenvalue weighted by Crippen LogP contribution is -2.29. The van der Waals surface area contributed by atoms with Gasteiger partial charge in [0.25, 0.3) is 0 Å². The normalized spacial score (nSPS) is 12.0. The van der Waals surface area contributed by atoms with Crippen LogP contribution in [0.2, 0.25) is 5.02 Å². The number of anilines is 1. The largest absolute Gasteiger partial charge is 0.441 e. The number of halogens is 1. The topological polar surface area (TPSA) is 84.2 Å². The molecule has 2 N–H and O–H groups in total. The Hall–Kier alpha value is -2.86. The zero-order valence-electron chi connectivity index (χ0n) is 14.4. The van der Waals surface area contributed by atoms with Gasteiger partial charge in [-0.15, -0.1) is 0 Å². The summed E-state index contributed by atoms with van der Waals surface area (Å²) in [6.45, 7) is 3.18. The Kier molecular flexibility index (Phi) is 5.23. The van der Waals surface area contributed by atoms with Crippen molar-refractivity contribution in [2.45, 2.75) is 26.3 Å². The molecule has 26 heavy (non-hydrogen) atoms. The van der Waals surface area contributed by atoms with Crippen LogP contribution >= 0.6 is 11.6 Å². The molecule has 0 fully saturated rings. The summed E-state index contributed by atoms with van der Waals surface area (Å²) in [7, 11) is 0. The molecule has 7 heteroatoms. The van der Waals surface area contributed by atoms with Crippen molar-refractivity contribution in [2.24, 2.45) is 0 Å². The maximum atomic E-state index is 12.5. The molecule has 0 aliphatic heterocycles. The molecule has 6 nitrogen and oxygen atoms in total. The van der Waals surface area contributed by atoms with Crippen molar-refractivity contribution in [3.05, 3.63) is 58.9 Å². The molecule has 134 valence electrons. The average Bonchev–Trinajstić information content (AvgIpc) is 2.93. The summed E-state index contributed by atoms with van der Waals surface area (Å²) in [5.74, 6) is 0.132. The first-order valence-corrected chi connectivity index (χ1v) is 8.48. The van der Waals surface area contributed by atoms with E-state index in [1.165, 1.54) is 6.92 Å². The first-order chi connectivity index (χ1) is 12.4. The molecule has 0 aliphatic carbocycles. The maximum Gasteiger partial charge on any atom is 0.226 e. The van der Waals surface area contributed by atoms with E-state index in [4.69, 9.17) is 16.0 Å². The summed E-state index contributed by atoms with van der Waals surface area (Å²) < 4.78 is 5.42. The van der Waals surface area contributed by atoms with Gasteiger partial charge in [-0.1, -0.05) is 23.7 Å². The van der Waals surface area contributed by atoms with Crippen LogP contribution in [0.4, 0.5) is 5.69 Å². The predicted octanol–water partition coefficient (Wildman–Crippen LogP) is 4.00. The highest BCUT2D eigenvalue weighted by Crippen LogP contribution is 2.22. The molecule has 1 unspecified atom stereocenters. The van der Waals surface area contributed by atoms with Crippen molar-refractivity contribution in [3.8, 4) is 0 Å². The number of aromatic nitrogens is 1. The van der Waals surface area contributed by atoms with Crippen LogP contribution in [0.5, 0.6) is 0 Å². The van der Waals surface area contributed by atoms with E-state index in [2.05, 4.69) is 15.6 Å². The van der Waals surface area contributed by atoms with Crippen LogP contribution in [-0.4, -0.2) is 16.8 Å². The van der Waals surface area contributed by atoms with E-state index in [0.29, 0.717) is 27.7 Å². The predicted molar refractivity (Wildman–Crippen MR) is 100 cm³/mol. The van der Waals surface area contributed by atoms with Gasteiger partial charge in [0.1, 0.15) is 5.52 Å². The van der Waals surface area contributed by atoms with Crippen molar-refractivity contribution in [1.82, 2.24) is 10.3 Å². The number of aryl methyl sites for hydroxylation is 1. The third-order valence-corrected chi connectivity index (χ3v) is 4.07. The summed E-state index contributed by atoms with van der Waals surface area (Å²) in [5.41, 5.74) is 2.77. The van der Waals surface area contributed by atoms with E-state index in [0.717, 1.165) is 5.56 Å². The average molecular weight is 372 g/mol.